The third-order valence-electron chi connectivity index (χ3n) is 2.72. The molecule has 0 saturated heterocycles. The summed E-state index contributed by atoms with van der Waals surface area (Å²) in [4.78, 5) is 21.3. The van der Waals surface area contributed by atoms with E-state index in [0.29, 0.717) is 16.9 Å². The summed E-state index contributed by atoms with van der Waals surface area (Å²) in [5, 5.41) is 10.9. The Kier molecular flexibility index (Phi) is 3.56. The fraction of sp³-hybridized carbons (Fsp3) is 0.0714. The number of nitrogens with zero attached hydrogens (tertiary/aromatic N) is 1. The van der Waals surface area contributed by atoms with Crippen LogP contribution < -0.4 is 4.74 Å². The molecule has 2 rings (SSSR count). The highest BCUT2D eigenvalue weighted by Gasteiger charge is 2.18. The summed E-state index contributed by atoms with van der Waals surface area (Å²) in [7, 11) is 1.53. The maximum atomic E-state index is 11.0. The lowest BCUT2D eigenvalue weighted by Gasteiger charge is -2.07. The highest BCUT2D eigenvalue weighted by Crippen LogP contribution is 2.30. The molecule has 0 aliphatic carbocycles. The van der Waals surface area contributed by atoms with Gasteiger partial charge >= 0.3 is 0 Å². The predicted molar refractivity (Wildman–Crippen MR) is 69.9 cm³/mol. The molecule has 5 heteroatoms. The Morgan fingerprint density at radius 1 is 1.21 bits per heavy atom. The maximum absolute atomic E-state index is 11.0. The van der Waals surface area contributed by atoms with Gasteiger partial charge in [0.25, 0.3) is 5.69 Å². The van der Waals surface area contributed by atoms with Crippen molar-refractivity contribution in [2.45, 2.75) is 0 Å². The second-order valence-corrected chi connectivity index (χ2v) is 3.79. The molecule has 2 aromatic carbocycles. The first-order chi connectivity index (χ1) is 9.17. The average molecular weight is 256 g/mol. The van der Waals surface area contributed by atoms with Crippen molar-refractivity contribution in [2.24, 2.45) is 0 Å². The fourth-order valence-corrected chi connectivity index (χ4v) is 1.83. The van der Waals surface area contributed by atoms with Crippen LogP contribution in [0.1, 0.15) is 5.56 Å². The van der Waals surface area contributed by atoms with E-state index >= 15 is 0 Å². The molecule has 0 fully saturated rings. The van der Waals surface area contributed by atoms with Gasteiger partial charge in [-0.3, -0.25) is 14.9 Å². The molecule has 0 aliphatic heterocycles. The molecule has 0 atom stereocenters. The molecule has 95 valence electrons. The van der Waals surface area contributed by atoms with Crippen LogP contribution in [0.15, 0.2) is 42.5 Å². The third-order valence-corrected chi connectivity index (χ3v) is 2.72. The highest BCUT2D eigenvalue weighted by molar-refractivity contribution is 5.92. The molecular formula is C14H10NO4. The Hall–Kier alpha value is -2.69. The van der Waals surface area contributed by atoms with Crippen molar-refractivity contribution in [3.63, 3.8) is 0 Å². The van der Waals surface area contributed by atoms with Crippen molar-refractivity contribution in [1.82, 2.24) is 0 Å². The van der Waals surface area contributed by atoms with Gasteiger partial charge in [-0.05, 0) is 17.7 Å². The number of nitro groups is 1. The molecule has 19 heavy (non-hydrogen) atoms. The summed E-state index contributed by atoms with van der Waals surface area (Å²) in [5.74, 6) is 0.612. The van der Waals surface area contributed by atoms with Crippen LogP contribution >= 0.6 is 0 Å². The molecule has 0 saturated carbocycles. The summed E-state index contributed by atoms with van der Waals surface area (Å²) in [6.07, 6.45) is 1.65. The van der Waals surface area contributed by atoms with Gasteiger partial charge in [0, 0.05) is 11.6 Å². The van der Waals surface area contributed by atoms with Gasteiger partial charge in [-0.2, -0.15) is 0 Å². The smallest absolute Gasteiger partial charge is 0.281 e. The monoisotopic (exact) mass is 256 g/mol. The van der Waals surface area contributed by atoms with Gasteiger partial charge in [-0.25, -0.2) is 0 Å². The van der Waals surface area contributed by atoms with Gasteiger partial charge in [-0.1, -0.05) is 24.3 Å². The zero-order valence-electron chi connectivity index (χ0n) is 10.1. The molecule has 0 amide bonds. The Morgan fingerprint density at radius 2 is 1.95 bits per heavy atom. The van der Waals surface area contributed by atoms with Crippen LogP contribution in [0.3, 0.4) is 0 Å². The van der Waals surface area contributed by atoms with Gasteiger partial charge in [-0.15, -0.1) is 0 Å². The second kappa shape index (κ2) is 5.30. The Balaban J connectivity index is 2.64. The number of benzene rings is 2. The molecule has 2 aromatic rings. The van der Waals surface area contributed by atoms with Crippen LogP contribution in [-0.2, 0) is 4.79 Å². The lowest BCUT2D eigenvalue weighted by Crippen LogP contribution is -1.97. The molecule has 0 heterocycles. The summed E-state index contributed by atoms with van der Waals surface area (Å²) in [6, 6.07) is 11.4. The zero-order valence-corrected chi connectivity index (χ0v) is 10.1. The van der Waals surface area contributed by atoms with Crippen LogP contribution in [-0.4, -0.2) is 18.3 Å². The zero-order chi connectivity index (χ0) is 13.8. The molecule has 0 unspecified atom stereocenters. The van der Waals surface area contributed by atoms with Crippen molar-refractivity contribution in [1.29, 1.82) is 0 Å². The molecule has 0 aliphatic rings. The standard InChI is InChI=1S/C14H10NO4/c1-19-11-5-2-4-10(8-11)12-6-3-7-14(15(17)18)13(12)9-16/h2-8H,1H3. The van der Waals surface area contributed by atoms with Gasteiger partial charge in [0.1, 0.15) is 11.3 Å². The minimum absolute atomic E-state index is 0.0549. The number of ether oxygens (including phenoxy) is 1. The molecule has 0 aromatic heterocycles. The molecule has 0 spiro atoms. The van der Waals surface area contributed by atoms with Gasteiger partial charge < -0.3 is 4.74 Å². The Morgan fingerprint density at radius 3 is 2.58 bits per heavy atom. The SMILES string of the molecule is COc1cccc(-c2cccc([N+](=O)[O-])c2[C]=O)c1. The van der Waals surface area contributed by atoms with Crippen molar-refractivity contribution in [2.75, 3.05) is 7.11 Å². The van der Waals surface area contributed by atoms with Crippen LogP contribution in [0.4, 0.5) is 5.69 Å². The van der Waals surface area contributed by atoms with Crippen molar-refractivity contribution in [3.8, 4) is 16.9 Å². The van der Waals surface area contributed by atoms with E-state index in [-0.39, 0.29) is 11.3 Å². The first kappa shape index (κ1) is 12.8. The van der Waals surface area contributed by atoms with E-state index in [1.807, 2.05) is 0 Å². The van der Waals surface area contributed by atoms with Crippen LogP contribution in [0, 0.1) is 10.1 Å². The first-order valence-electron chi connectivity index (χ1n) is 5.47. The van der Waals surface area contributed by atoms with Crippen molar-refractivity contribution in [3.05, 3.63) is 58.1 Å². The van der Waals surface area contributed by atoms with Gasteiger partial charge in [0.05, 0.1) is 12.0 Å². The van der Waals surface area contributed by atoms with Gasteiger partial charge in [0.2, 0.25) is 6.29 Å². The predicted octanol–water partition coefficient (Wildman–Crippen LogP) is 2.73. The number of rotatable bonds is 4. The molecule has 5 nitrogen and oxygen atoms in total. The normalized spacial score (nSPS) is 9.95. The fourth-order valence-electron chi connectivity index (χ4n) is 1.83. The minimum atomic E-state index is -0.593. The maximum Gasteiger partial charge on any atom is 0.281 e. The van der Waals surface area contributed by atoms with Crippen LogP contribution in [0.2, 0.25) is 0 Å². The summed E-state index contributed by atoms with van der Waals surface area (Å²) >= 11 is 0. The van der Waals surface area contributed by atoms with Gasteiger partial charge in [0.15, 0.2) is 0 Å². The van der Waals surface area contributed by atoms with Crippen molar-refractivity contribution >= 4 is 12.0 Å². The Bertz CT molecular complexity index is 637. The van der Waals surface area contributed by atoms with Crippen molar-refractivity contribution < 1.29 is 14.5 Å². The Labute approximate surface area is 109 Å². The van der Waals surface area contributed by atoms with E-state index < -0.39 is 4.92 Å². The van der Waals surface area contributed by atoms with Crippen LogP contribution in [0.5, 0.6) is 5.75 Å². The van der Waals surface area contributed by atoms with E-state index in [9.17, 15) is 14.9 Å². The molecular weight excluding hydrogens is 246 g/mol. The van der Waals surface area contributed by atoms with Crippen LogP contribution in [0.25, 0.3) is 11.1 Å². The second-order valence-electron chi connectivity index (χ2n) is 3.79. The summed E-state index contributed by atoms with van der Waals surface area (Å²) in [5.41, 5.74) is 0.820. The first-order valence-corrected chi connectivity index (χ1v) is 5.47. The number of nitro benzene ring substituents is 1. The largest absolute Gasteiger partial charge is 0.497 e. The number of carbonyl (C=O) groups excluding carboxylic acids is 1. The number of hydrogen-bond acceptors (Lipinski definition) is 4. The number of hydrogen-bond donors (Lipinski definition) is 0. The van der Waals surface area contributed by atoms with E-state index in [2.05, 4.69) is 0 Å². The average Bonchev–Trinajstić information content (AvgIpc) is 2.46. The topological polar surface area (TPSA) is 69.4 Å². The van der Waals surface area contributed by atoms with E-state index in [4.69, 9.17) is 4.74 Å². The quantitative estimate of drug-likeness (QED) is 0.623. The summed E-state index contributed by atoms with van der Waals surface area (Å²) in [6.45, 7) is 0. The van der Waals surface area contributed by atoms with E-state index in [0.717, 1.165) is 0 Å². The van der Waals surface area contributed by atoms with E-state index in [1.54, 1.807) is 36.6 Å². The molecule has 0 bridgehead atoms. The molecule has 1 radical (unpaired) electrons. The minimum Gasteiger partial charge on any atom is -0.497 e. The lowest BCUT2D eigenvalue weighted by molar-refractivity contribution is -0.385. The third kappa shape index (κ3) is 2.44. The van der Waals surface area contributed by atoms with E-state index in [1.165, 1.54) is 19.2 Å². The summed E-state index contributed by atoms with van der Waals surface area (Å²) < 4.78 is 5.10. The lowest BCUT2D eigenvalue weighted by atomic mass is 9.99. The number of methoxy groups -OCH3 is 1. The highest BCUT2D eigenvalue weighted by atomic mass is 16.6. The molecule has 0 N–H and O–H groups in total.